The summed E-state index contributed by atoms with van der Waals surface area (Å²) in [6.07, 6.45) is 1.82. The van der Waals surface area contributed by atoms with Gasteiger partial charge in [-0.05, 0) is 24.8 Å². The van der Waals surface area contributed by atoms with Crippen molar-refractivity contribution >= 4 is 23.0 Å². The van der Waals surface area contributed by atoms with E-state index in [1.807, 2.05) is 43.5 Å². The molecule has 9 nitrogen and oxygen atoms in total. The van der Waals surface area contributed by atoms with Gasteiger partial charge in [-0.25, -0.2) is 0 Å². The van der Waals surface area contributed by atoms with Crippen molar-refractivity contribution in [2.45, 2.75) is 12.3 Å². The van der Waals surface area contributed by atoms with Gasteiger partial charge in [-0.2, -0.15) is 0 Å². The summed E-state index contributed by atoms with van der Waals surface area (Å²) in [5.74, 6) is -2.36. The molecule has 210 valence electrons. The van der Waals surface area contributed by atoms with E-state index < -0.39 is 28.6 Å². The first kappa shape index (κ1) is 26.5. The second kappa shape index (κ2) is 10.7. The van der Waals surface area contributed by atoms with Gasteiger partial charge in [0.25, 0.3) is 0 Å². The van der Waals surface area contributed by atoms with Crippen molar-refractivity contribution in [3.05, 3.63) is 87.6 Å². The van der Waals surface area contributed by atoms with Gasteiger partial charge in [0.1, 0.15) is 29.1 Å². The number of ether oxygens (including phenoxy) is 1. The molecule has 0 saturated carbocycles. The second-order valence-electron chi connectivity index (χ2n) is 10.5. The smallest absolute Gasteiger partial charge is 0.223 e. The van der Waals surface area contributed by atoms with E-state index in [1.54, 1.807) is 29.2 Å². The van der Waals surface area contributed by atoms with Gasteiger partial charge in [0, 0.05) is 61.3 Å². The minimum Gasteiger partial charge on any atom is -0.504 e. The van der Waals surface area contributed by atoms with Crippen LogP contribution in [0.1, 0.15) is 23.5 Å². The number of hydrogen-bond donors (Lipinski definition) is 3. The largest absolute Gasteiger partial charge is 0.504 e. The SMILES string of the molecule is CN1CCN(C(=O)C[C@H](C2=Cc3ccccc3OC2)c2c(O)c(O)c(O)c3c(=O)cc(-c4ccccc4)oc23)CC1. The van der Waals surface area contributed by atoms with Crippen molar-refractivity contribution in [2.24, 2.45) is 0 Å². The average molecular weight is 555 g/mol. The van der Waals surface area contributed by atoms with Crippen LogP contribution in [0, 0.1) is 0 Å². The number of piperazine rings is 1. The molecule has 1 atom stereocenters. The van der Waals surface area contributed by atoms with Gasteiger partial charge in [-0.3, -0.25) is 9.59 Å². The Bertz CT molecular complexity index is 1720. The van der Waals surface area contributed by atoms with E-state index in [0.29, 0.717) is 30.0 Å². The van der Waals surface area contributed by atoms with Crippen LogP contribution in [-0.2, 0) is 4.79 Å². The molecule has 1 fully saturated rings. The summed E-state index contributed by atoms with van der Waals surface area (Å²) in [5, 5.41) is 32.6. The Labute approximate surface area is 236 Å². The molecule has 4 aromatic rings. The Morgan fingerprint density at radius 3 is 2.39 bits per heavy atom. The molecule has 6 rings (SSSR count). The zero-order valence-corrected chi connectivity index (χ0v) is 22.5. The van der Waals surface area contributed by atoms with Crippen LogP contribution < -0.4 is 10.2 Å². The first-order valence-corrected chi connectivity index (χ1v) is 13.5. The molecule has 1 aromatic heterocycles. The highest BCUT2D eigenvalue weighted by molar-refractivity contribution is 5.94. The van der Waals surface area contributed by atoms with Gasteiger partial charge < -0.3 is 34.3 Å². The number of phenolic OH excluding ortho intramolecular Hbond substituents is 3. The number of para-hydroxylation sites is 1. The number of fused-ring (bicyclic) bond motifs is 2. The van der Waals surface area contributed by atoms with E-state index in [0.717, 1.165) is 18.7 Å². The molecule has 2 aliphatic rings. The van der Waals surface area contributed by atoms with Crippen molar-refractivity contribution in [1.29, 1.82) is 0 Å². The van der Waals surface area contributed by atoms with Crippen molar-refractivity contribution in [3.63, 3.8) is 0 Å². The van der Waals surface area contributed by atoms with E-state index in [9.17, 15) is 24.9 Å². The first-order valence-electron chi connectivity index (χ1n) is 13.5. The molecule has 2 aliphatic heterocycles. The molecule has 0 aliphatic carbocycles. The van der Waals surface area contributed by atoms with E-state index in [1.165, 1.54) is 6.07 Å². The summed E-state index contributed by atoms with van der Waals surface area (Å²) in [6.45, 7) is 2.70. The molecule has 1 saturated heterocycles. The summed E-state index contributed by atoms with van der Waals surface area (Å²) < 4.78 is 12.2. The third kappa shape index (κ3) is 4.89. The van der Waals surface area contributed by atoms with Gasteiger partial charge in [-0.1, -0.05) is 48.5 Å². The van der Waals surface area contributed by atoms with E-state index in [4.69, 9.17) is 9.15 Å². The Hall–Kier alpha value is -4.76. The summed E-state index contributed by atoms with van der Waals surface area (Å²) in [4.78, 5) is 30.9. The topological polar surface area (TPSA) is 124 Å². The highest BCUT2D eigenvalue weighted by atomic mass is 16.5. The Balaban J connectivity index is 1.56. The molecule has 0 radical (unpaired) electrons. The van der Waals surface area contributed by atoms with Crippen LogP contribution in [0.25, 0.3) is 28.4 Å². The monoisotopic (exact) mass is 554 g/mol. The fraction of sp³-hybridized carbons (Fsp3) is 0.250. The summed E-state index contributed by atoms with van der Waals surface area (Å²) in [6, 6.07) is 17.7. The highest BCUT2D eigenvalue weighted by Crippen LogP contribution is 2.50. The lowest BCUT2D eigenvalue weighted by Gasteiger charge is -2.34. The Kier molecular flexibility index (Phi) is 6.88. The van der Waals surface area contributed by atoms with Crippen LogP contribution >= 0.6 is 0 Å². The summed E-state index contributed by atoms with van der Waals surface area (Å²) in [7, 11) is 2.00. The number of likely N-dealkylation sites (N-methyl/N-ethyl adjacent to an activating group) is 1. The maximum absolute atomic E-state index is 13.7. The van der Waals surface area contributed by atoms with Crippen molar-refractivity contribution in [3.8, 4) is 34.3 Å². The molecule has 3 aromatic carbocycles. The summed E-state index contributed by atoms with van der Waals surface area (Å²) >= 11 is 0. The van der Waals surface area contributed by atoms with Crippen LogP contribution in [0.15, 0.2) is 75.4 Å². The van der Waals surface area contributed by atoms with Crippen LogP contribution in [0.4, 0.5) is 0 Å². The van der Waals surface area contributed by atoms with E-state index in [2.05, 4.69) is 4.90 Å². The van der Waals surface area contributed by atoms with E-state index in [-0.39, 0.29) is 41.2 Å². The number of rotatable bonds is 5. The number of phenols is 3. The predicted molar refractivity (Wildman–Crippen MR) is 154 cm³/mol. The molecule has 0 spiro atoms. The first-order chi connectivity index (χ1) is 19.8. The van der Waals surface area contributed by atoms with Gasteiger partial charge in [0.15, 0.2) is 16.9 Å². The molecule has 0 unspecified atom stereocenters. The minimum atomic E-state index is -0.845. The van der Waals surface area contributed by atoms with Crippen LogP contribution in [0.2, 0.25) is 0 Å². The third-order valence-electron chi connectivity index (χ3n) is 7.88. The summed E-state index contributed by atoms with van der Waals surface area (Å²) in [5.41, 5.74) is 1.41. The lowest BCUT2D eigenvalue weighted by molar-refractivity contribution is -0.133. The molecule has 9 heteroatoms. The molecular formula is C32H30N2O7. The molecule has 3 heterocycles. The zero-order valence-electron chi connectivity index (χ0n) is 22.5. The van der Waals surface area contributed by atoms with Crippen molar-refractivity contribution in [2.75, 3.05) is 39.8 Å². The van der Waals surface area contributed by atoms with Gasteiger partial charge in [0.2, 0.25) is 11.7 Å². The predicted octanol–water partition coefficient (Wildman–Crippen LogP) is 4.30. The number of nitrogens with zero attached hydrogens (tertiary/aromatic N) is 2. The van der Waals surface area contributed by atoms with Crippen LogP contribution in [-0.4, -0.2) is 70.9 Å². The Morgan fingerprint density at radius 1 is 0.927 bits per heavy atom. The lowest BCUT2D eigenvalue weighted by atomic mass is 9.84. The van der Waals surface area contributed by atoms with Gasteiger partial charge >= 0.3 is 0 Å². The molecule has 3 N–H and O–H groups in total. The number of hydrogen-bond acceptors (Lipinski definition) is 8. The maximum atomic E-state index is 13.7. The Morgan fingerprint density at radius 2 is 1.63 bits per heavy atom. The number of aromatic hydroxyl groups is 3. The zero-order chi connectivity index (χ0) is 28.7. The number of carbonyl (C=O) groups is 1. The molecule has 41 heavy (non-hydrogen) atoms. The lowest BCUT2D eigenvalue weighted by Crippen LogP contribution is -2.47. The van der Waals surface area contributed by atoms with Crippen LogP contribution in [0.3, 0.4) is 0 Å². The molecule has 0 bridgehead atoms. The maximum Gasteiger partial charge on any atom is 0.223 e. The number of amides is 1. The third-order valence-corrected chi connectivity index (χ3v) is 7.88. The van der Waals surface area contributed by atoms with E-state index >= 15 is 0 Å². The second-order valence-corrected chi connectivity index (χ2v) is 10.5. The number of carbonyl (C=O) groups excluding carboxylic acids is 1. The molecule has 1 amide bonds. The average Bonchev–Trinajstić information content (AvgIpc) is 2.99. The number of benzene rings is 3. The highest BCUT2D eigenvalue weighted by Gasteiger charge is 2.34. The minimum absolute atomic E-state index is 0.0434. The fourth-order valence-electron chi connectivity index (χ4n) is 5.55. The quantitative estimate of drug-likeness (QED) is 0.312. The standard InChI is InChI=1S/C32H30N2O7/c1-33-11-13-34(14-12-33)26(36)16-22(21-15-20-9-5-6-10-24(20)40-18-21)27-29(37)31(39)30(38)28-23(35)17-25(41-32(27)28)19-7-3-2-4-8-19/h2-10,15,17,22,37-39H,11-14,16,18H2,1H3/t22-/m1/s1. The normalized spacial score (nSPS) is 16.1. The van der Waals surface area contributed by atoms with Gasteiger partial charge in [-0.15, -0.1) is 0 Å². The van der Waals surface area contributed by atoms with Crippen molar-refractivity contribution < 1.29 is 29.3 Å². The van der Waals surface area contributed by atoms with Gasteiger partial charge in [0.05, 0.1) is 0 Å². The van der Waals surface area contributed by atoms with Crippen LogP contribution in [0.5, 0.6) is 23.0 Å². The fourth-order valence-corrected chi connectivity index (χ4v) is 5.55. The van der Waals surface area contributed by atoms with Crippen molar-refractivity contribution in [1.82, 2.24) is 9.80 Å². The molecular weight excluding hydrogens is 524 g/mol.